The van der Waals surface area contributed by atoms with Crippen molar-refractivity contribution in [2.24, 2.45) is 0 Å². The van der Waals surface area contributed by atoms with Crippen LogP contribution in [-0.4, -0.2) is 59.6 Å². The lowest BCUT2D eigenvalue weighted by molar-refractivity contribution is -0.132. The third-order valence-corrected chi connectivity index (χ3v) is 6.83. The maximum absolute atomic E-state index is 12.9. The number of likely N-dealkylation sites (tertiary alicyclic amines) is 1. The van der Waals surface area contributed by atoms with Crippen molar-refractivity contribution in [3.05, 3.63) is 59.9 Å². The van der Waals surface area contributed by atoms with Gasteiger partial charge in [0.1, 0.15) is 17.6 Å². The molecule has 2 aliphatic heterocycles. The average Bonchev–Trinajstić information content (AvgIpc) is 3.14. The van der Waals surface area contributed by atoms with Gasteiger partial charge in [0.15, 0.2) is 0 Å². The highest BCUT2D eigenvalue weighted by Crippen LogP contribution is 2.34. The van der Waals surface area contributed by atoms with E-state index in [4.69, 9.17) is 10.00 Å². The number of methoxy groups -OCH3 is 1. The van der Waals surface area contributed by atoms with Crippen molar-refractivity contribution in [2.45, 2.75) is 37.9 Å². The summed E-state index contributed by atoms with van der Waals surface area (Å²) < 4.78 is 5.32. The molecule has 174 valence electrons. The van der Waals surface area contributed by atoms with Crippen LogP contribution in [0.3, 0.4) is 0 Å². The number of aromatic nitrogens is 2. The summed E-state index contributed by atoms with van der Waals surface area (Å²) in [4.78, 5) is 26.2. The second kappa shape index (κ2) is 9.65. The van der Waals surface area contributed by atoms with Crippen molar-refractivity contribution in [3.8, 4) is 11.8 Å². The highest BCUT2D eigenvalue weighted by Gasteiger charge is 2.41. The van der Waals surface area contributed by atoms with E-state index in [0.29, 0.717) is 25.1 Å². The highest BCUT2D eigenvalue weighted by atomic mass is 16.5. The quantitative estimate of drug-likeness (QED) is 0.546. The second-order valence-corrected chi connectivity index (χ2v) is 8.89. The fourth-order valence-electron chi connectivity index (χ4n) is 5.12. The lowest BCUT2D eigenvalue weighted by Crippen LogP contribution is -2.56. The number of nitriles is 1. The number of rotatable bonds is 7. The van der Waals surface area contributed by atoms with Crippen molar-refractivity contribution >= 4 is 22.6 Å². The number of fused-ring (bicyclic) bond motifs is 3. The molecular formula is C26H28N6O2. The number of pyridine rings is 2. The minimum atomic E-state index is 0.193. The molecule has 2 unspecified atom stereocenters. The van der Waals surface area contributed by atoms with Crippen LogP contribution < -0.4 is 15.0 Å². The van der Waals surface area contributed by atoms with Gasteiger partial charge in [-0.3, -0.25) is 9.78 Å². The zero-order chi connectivity index (χ0) is 23.5. The molecule has 8 heteroatoms. The van der Waals surface area contributed by atoms with E-state index in [1.807, 2.05) is 35.2 Å². The Labute approximate surface area is 199 Å². The summed E-state index contributed by atoms with van der Waals surface area (Å²) in [5.74, 6) is 1.83. The summed E-state index contributed by atoms with van der Waals surface area (Å²) in [5.41, 5.74) is 2.63. The van der Waals surface area contributed by atoms with Gasteiger partial charge in [-0.2, -0.15) is 5.26 Å². The van der Waals surface area contributed by atoms with Gasteiger partial charge in [0.05, 0.1) is 24.4 Å². The molecular weight excluding hydrogens is 428 g/mol. The van der Waals surface area contributed by atoms with E-state index in [2.05, 4.69) is 32.3 Å². The molecule has 1 N–H and O–H groups in total. The van der Waals surface area contributed by atoms with Gasteiger partial charge < -0.3 is 19.9 Å². The molecule has 34 heavy (non-hydrogen) atoms. The Hall–Kier alpha value is -3.70. The number of hydrogen-bond acceptors (Lipinski definition) is 7. The summed E-state index contributed by atoms with van der Waals surface area (Å²) in [6, 6.07) is 14.5. The Kier molecular flexibility index (Phi) is 6.28. The van der Waals surface area contributed by atoms with Gasteiger partial charge in [0, 0.05) is 56.3 Å². The SMILES string of the molecule is COc1cnc2cccc(CNCCC(=O)N3CC4CCC(C3)N4c3ccc(C#N)cn3)c2c1. The Balaban J connectivity index is 1.15. The largest absolute Gasteiger partial charge is 0.495 e. The zero-order valence-corrected chi connectivity index (χ0v) is 19.3. The van der Waals surface area contributed by atoms with Crippen LogP contribution in [0.4, 0.5) is 5.82 Å². The molecule has 0 radical (unpaired) electrons. The van der Waals surface area contributed by atoms with Gasteiger partial charge in [-0.05, 0) is 42.7 Å². The van der Waals surface area contributed by atoms with Crippen molar-refractivity contribution in [3.63, 3.8) is 0 Å². The number of benzene rings is 1. The normalized spacial score (nSPS) is 19.3. The number of nitrogens with zero attached hydrogens (tertiary/aromatic N) is 5. The molecule has 2 bridgehead atoms. The molecule has 2 aromatic heterocycles. The first-order valence-electron chi connectivity index (χ1n) is 11.7. The van der Waals surface area contributed by atoms with Crippen molar-refractivity contribution in [2.75, 3.05) is 31.6 Å². The maximum atomic E-state index is 12.9. The smallest absolute Gasteiger partial charge is 0.223 e. The molecule has 1 amide bonds. The molecule has 0 aliphatic carbocycles. The second-order valence-electron chi connectivity index (χ2n) is 8.89. The number of amides is 1. The van der Waals surface area contributed by atoms with Crippen LogP contribution in [0.15, 0.2) is 48.8 Å². The van der Waals surface area contributed by atoms with Gasteiger partial charge in [0.2, 0.25) is 5.91 Å². The summed E-state index contributed by atoms with van der Waals surface area (Å²) in [6.07, 6.45) is 5.95. The molecule has 4 heterocycles. The van der Waals surface area contributed by atoms with Gasteiger partial charge in [-0.15, -0.1) is 0 Å². The minimum Gasteiger partial charge on any atom is -0.495 e. The van der Waals surface area contributed by atoms with E-state index in [1.54, 1.807) is 19.5 Å². The summed E-state index contributed by atoms with van der Waals surface area (Å²) >= 11 is 0. The zero-order valence-electron chi connectivity index (χ0n) is 19.3. The van der Waals surface area contributed by atoms with Crippen LogP contribution in [0, 0.1) is 11.3 Å². The molecule has 2 atom stereocenters. The van der Waals surface area contributed by atoms with E-state index >= 15 is 0 Å². The molecule has 0 saturated carbocycles. The highest BCUT2D eigenvalue weighted by molar-refractivity contribution is 5.83. The van der Waals surface area contributed by atoms with Crippen LogP contribution in [-0.2, 0) is 11.3 Å². The lowest BCUT2D eigenvalue weighted by atomic mass is 10.1. The number of carbonyl (C=O) groups excluding carboxylic acids is 1. The van der Waals surface area contributed by atoms with Gasteiger partial charge in [0.25, 0.3) is 0 Å². The first-order valence-corrected chi connectivity index (χ1v) is 11.7. The number of anilines is 1. The van der Waals surface area contributed by atoms with E-state index in [9.17, 15) is 4.79 Å². The molecule has 2 saturated heterocycles. The summed E-state index contributed by atoms with van der Waals surface area (Å²) in [5, 5.41) is 13.5. The fourth-order valence-corrected chi connectivity index (χ4v) is 5.12. The lowest BCUT2D eigenvalue weighted by Gasteiger charge is -2.41. The van der Waals surface area contributed by atoms with Crippen molar-refractivity contribution < 1.29 is 9.53 Å². The first-order chi connectivity index (χ1) is 16.7. The molecule has 2 fully saturated rings. The van der Waals surface area contributed by atoms with E-state index in [0.717, 1.165) is 54.0 Å². The minimum absolute atomic E-state index is 0.193. The number of nitrogens with one attached hydrogen (secondary N) is 1. The predicted molar refractivity (Wildman–Crippen MR) is 129 cm³/mol. The Morgan fingerprint density at radius 3 is 2.71 bits per heavy atom. The molecule has 1 aromatic carbocycles. The fraction of sp³-hybridized carbons (Fsp3) is 0.385. The molecule has 5 rings (SSSR count). The average molecular weight is 457 g/mol. The van der Waals surface area contributed by atoms with Crippen molar-refractivity contribution in [1.82, 2.24) is 20.2 Å². The monoisotopic (exact) mass is 456 g/mol. The summed E-state index contributed by atoms with van der Waals surface area (Å²) in [7, 11) is 1.64. The topological polar surface area (TPSA) is 94.4 Å². The van der Waals surface area contributed by atoms with Crippen LogP contribution in [0.1, 0.15) is 30.4 Å². The van der Waals surface area contributed by atoms with Crippen molar-refractivity contribution in [1.29, 1.82) is 5.26 Å². The van der Waals surface area contributed by atoms with Crippen LogP contribution in [0.2, 0.25) is 0 Å². The van der Waals surface area contributed by atoms with E-state index < -0.39 is 0 Å². The van der Waals surface area contributed by atoms with Crippen LogP contribution >= 0.6 is 0 Å². The summed E-state index contributed by atoms with van der Waals surface area (Å²) in [6.45, 7) is 2.75. The van der Waals surface area contributed by atoms with Crippen LogP contribution in [0.5, 0.6) is 5.75 Å². The number of hydrogen-bond donors (Lipinski definition) is 1. The van der Waals surface area contributed by atoms with Gasteiger partial charge in [-0.25, -0.2) is 4.98 Å². The van der Waals surface area contributed by atoms with E-state index in [-0.39, 0.29) is 18.0 Å². The molecule has 2 aliphatic rings. The van der Waals surface area contributed by atoms with Crippen LogP contribution in [0.25, 0.3) is 10.9 Å². The molecule has 0 spiro atoms. The molecule has 3 aromatic rings. The van der Waals surface area contributed by atoms with E-state index in [1.165, 1.54) is 0 Å². The number of ether oxygens (including phenoxy) is 1. The first kappa shape index (κ1) is 22.1. The molecule has 8 nitrogen and oxygen atoms in total. The Morgan fingerprint density at radius 2 is 2.00 bits per heavy atom. The maximum Gasteiger partial charge on any atom is 0.223 e. The third kappa shape index (κ3) is 4.39. The number of carbonyl (C=O) groups is 1. The Bertz CT molecular complexity index is 1210. The van der Waals surface area contributed by atoms with Gasteiger partial charge in [-0.1, -0.05) is 12.1 Å². The van der Waals surface area contributed by atoms with Gasteiger partial charge >= 0.3 is 0 Å². The predicted octanol–water partition coefficient (Wildman–Crippen LogP) is 2.87. The third-order valence-electron chi connectivity index (χ3n) is 6.83. The Morgan fingerprint density at radius 1 is 1.18 bits per heavy atom. The number of piperazine rings is 1. The standard InChI is InChI=1S/C26H28N6O2/c1-34-22-11-23-19(3-2-4-24(23)29-15-22)14-28-10-9-26(33)31-16-20-6-7-21(17-31)32(20)25-8-5-18(12-27)13-30-25/h2-5,8,11,13,15,20-21,28H,6-7,9-10,14,16-17H2,1H3.